The average Bonchev–Trinajstić information content (AvgIpc) is 2.85. The van der Waals surface area contributed by atoms with Crippen LogP contribution in [0.1, 0.15) is 8.42 Å². The van der Waals surface area contributed by atoms with E-state index in [1.54, 1.807) is 12.1 Å². The van der Waals surface area contributed by atoms with E-state index < -0.39 is 11.8 Å². The van der Waals surface area contributed by atoms with E-state index in [1.165, 1.54) is 23.5 Å². The Morgan fingerprint density at radius 1 is 1.19 bits per heavy atom. The van der Waals surface area contributed by atoms with E-state index in [0.717, 1.165) is 15.8 Å². The number of benzene rings is 2. The number of rotatable bonds is 2. The standard InChI is InChI=1S/C15H12FN3OS.2H2/c1-9-5-4-8-12-13(9)18-15(21-12)19-14(20)17-11-7-3-2-6-10(11)16;;/h2-8H,1H3,(H2,17,18,19,20);2*1H. The summed E-state index contributed by atoms with van der Waals surface area (Å²) in [5.41, 5.74) is 2.04. The fourth-order valence-electron chi connectivity index (χ4n) is 1.95. The Morgan fingerprint density at radius 2 is 2.00 bits per heavy atom. The van der Waals surface area contributed by atoms with Crippen molar-refractivity contribution in [3.63, 3.8) is 0 Å². The molecule has 0 spiro atoms. The molecule has 4 nitrogen and oxygen atoms in total. The molecule has 0 fully saturated rings. The minimum absolute atomic E-state index is 0. The molecule has 2 amide bonds. The fraction of sp³-hybridized carbons (Fsp3) is 0.0667. The van der Waals surface area contributed by atoms with Crippen LogP contribution in [-0.4, -0.2) is 11.0 Å². The van der Waals surface area contributed by atoms with Crippen molar-refractivity contribution in [2.45, 2.75) is 6.92 Å². The maximum atomic E-state index is 13.5. The van der Waals surface area contributed by atoms with Gasteiger partial charge < -0.3 is 5.32 Å². The van der Waals surface area contributed by atoms with Gasteiger partial charge in [-0.1, -0.05) is 35.6 Å². The SMILES string of the molecule is Cc1cccc2sc(NC(=O)Nc3ccccc3F)nc12.[HH].[HH]. The topological polar surface area (TPSA) is 54.0 Å². The molecule has 6 heteroatoms. The number of aromatic nitrogens is 1. The van der Waals surface area contributed by atoms with Crippen LogP contribution in [0.25, 0.3) is 10.2 Å². The van der Waals surface area contributed by atoms with Gasteiger partial charge >= 0.3 is 6.03 Å². The van der Waals surface area contributed by atoms with Crippen molar-refractivity contribution in [3.05, 3.63) is 53.8 Å². The van der Waals surface area contributed by atoms with E-state index in [4.69, 9.17) is 0 Å². The average molecular weight is 305 g/mol. The lowest BCUT2D eigenvalue weighted by Gasteiger charge is -2.05. The molecular formula is C15H16FN3OS. The summed E-state index contributed by atoms with van der Waals surface area (Å²) in [7, 11) is 0. The number of nitrogens with zero attached hydrogens (tertiary/aromatic N) is 1. The molecule has 2 aromatic carbocycles. The van der Waals surface area contributed by atoms with E-state index in [-0.39, 0.29) is 8.54 Å². The number of para-hydroxylation sites is 2. The van der Waals surface area contributed by atoms with Crippen molar-refractivity contribution in [1.29, 1.82) is 0 Å². The lowest BCUT2D eigenvalue weighted by Crippen LogP contribution is -2.19. The molecule has 0 aliphatic rings. The number of fused-ring (bicyclic) bond motifs is 1. The van der Waals surface area contributed by atoms with E-state index >= 15 is 0 Å². The Morgan fingerprint density at radius 3 is 2.76 bits per heavy atom. The van der Waals surface area contributed by atoms with Crippen molar-refractivity contribution >= 4 is 38.4 Å². The van der Waals surface area contributed by atoms with Gasteiger partial charge in [-0.15, -0.1) is 0 Å². The van der Waals surface area contributed by atoms with Gasteiger partial charge in [-0.05, 0) is 30.7 Å². The molecule has 110 valence electrons. The Labute approximate surface area is 127 Å². The number of anilines is 2. The first-order valence-corrected chi connectivity index (χ1v) is 7.14. The second kappa shape index (κ2) is 5.49. The molecule has 0 saturated carbocycles. The molecule has 0 saturated heterocycles. The second-order valence-corrected chi connectivity index (χ2v) is 5.53. The lowest BCUT2D eigenvalue weighted by molar-refractivity contribution is 0.262. The van der Waals surface area contributed by atoms with E-state index in [1.807, 2.05) is 25.1 Å². The number of carbonyl (C=O) groups is 1. The summed E-state index contributed by atoms with van der Waals surface area (Å²) in [6.45, 7) is 1.96. The molecule has 1 aromatic heterocycles. The summed E-state index contributed by atoms with van der Waals surface area (Å²) in [5, 5.41) is 5.56. The second-order valence-electron chi connectivity index (χ2n) is 4.50. The number of hydrogen-bond acceptors (Lipinski definition) is 3. The van der Waals surface area contributed by atoms with Crippen LogP contribution < -0.4 is 10.6 Å². The van der Waals surface area contributed by atoms with E-state index in [9.17, 15) is 9.18 Å². The summed E-state index contributed by atoms with van der Waals surface area (Å²) >= 11 is 1.38. The van der Waals surface area contributed by atoms with Crippen LogP contribution in [-0.2, 0) is 0 Å². The molecule has 1 heterocycles. The minimum Gasteiger partial charge on any atom is -0.305 e. The third kappa shape index (κ3) is 2.85. The molecule has 21 heavy (non-hydrogen) atoms. The normalized spacial score (nSPS) is 10.6. The zero-order valence-electron chi connectivity index (χ0n) is 11.2. The Hall–Kier alpha value is -2.47. The Kier molecular flexibility index (Phi) is 3.53. The van der Waals surface area contributed by atoms with Gasteiger partial charge in [0.15, 0.2) is 5.13 Å². The molecule has 0 aliphatic heterocycles. The molecule has 2 N–H and O–H groups in total. The Bertz CT molecular complexity index is 825. The smallest absolute Gasteiger partial charge is 0.305 e. The summed E-state index contributed by atoms with van der Waals surface area (Å²) < 4.78 is 14.5. The van der Waals surface area contributed by atoms with Crippen LogP contribution in [0.2, 0.25) is 0 Å². The third-order valence-corrected chi connectivity index (χ3v) is 3.90. The molecule has 0 radical (unpaired) electrons. The number of nitrogens with one attached hydrogen (secondary N) is 2. The van der Waals surface area contributed by atoms with Gasteiger partial charge in [0.05, 0.1) is 15.9 Å². The number of halogens is 1. The maximum Gasteiger partial charge on any atom is 0.325 e. The molecule has 0 bridgehead atoms. The number of hydrogen-bond donors (Lipinski definition) is 2. The monoisotopic (exact) mass is 305 g/mol. The van der Waals surface area contributed by atoms with Gasteiger partial charge in [-0.25, -0.2) is 14.2 Å². The first kappa shape index (κ1) is 13.5. The van der Waals surface area contributed by atoms with Crippen molar-refractivity contribution in [2.24, 2.45) is 0 Å². The van der Waals surface area contributed by atoms with Gasteiger partial charge in [0.2, 0.25) is 0 Å². The van der Waals surface area contributed by atoms with E-state index in [0.29, 0.717) is 5.13 Å². The highest BCUT2D eigenvalue weighted by atomic mass is 32.1. The molecule has 3 rings (SSSR count). The highest BCUT2D eigenvalue weighted by Gasteiger charge is 2.10. The zero-order valence-corrected chi connectivity index (χ0v) is 12.0. The molecule has 0 aliphatic carbocycles. The predicted octanol–water partition coefficient (Wildman–Crippen LogP) is 4.88. The van der Waals surface area contributed by atoms with Crippen LogP contribution >= 0.6 is 11.3 Å². The molecular weight excluding hydrogens is 289 g/mol. The summed E-state index contributed by atoms with van der Waals surface area (Å²) in [6, 6.07) is 11.3. The van der Waals surface area contributed by atoms with Gasteiger partial charge in [0.25, 0.3) is 0 Å². The zero-order chi connectivity index (χ0) is 14.8. The number of amides is 2. The highest BCUT2D eigenvalue weighted by molar-refractivity contribution is 7.22. The number of thiazole rings is 1. The van der Waals surface area contributed by atoms with E-state index in [2.05, 4.69) is 15.6 Å². The molecule has 0 atom stereocenters. The van der Waals surface area contributed by atoms with Crippen molar-refractivity contribution in [1.82, 2.24) is 4.98 Å². The van der Waals surface area contributed by atoms with Gasteiger partial charge in [-0.3, -0.25) is 5.32 Å². The largest absolute Gasteiger partial charge is 0.325 e. The third-order valence-electron chi connectivity index (χ3n) is 2.96. The van der Waals surface area contributed by atoms with Crippen molar-refractivity contribution in [3.8, 4) is 0 Å². The van der Waals surface area contributed by atoms with Crippen LogP contribution in [0.5, 0.6) is 0 Å². The molecule has 3 aromatic rings. The van der Waals surface area contributed by atoms with Crippen LogP contribution in [0.3, 0.4) is 0 Å². The number of urea groups is 1. The predicted molar refractivity (Wildman–Crippen MR) is 87.6 cm³/mol. The summed E-state index contributed by atoms with van der Waals surface area (Å²) in [6.07, 6.45) is 0. The Balaban J connectivity index is 0.00000132. The number of carbonyl (C=O) groups excluding carboxylic acids is 1. The van der Waals surface area contributed by atoms with Gasteiger partial charge in [0.1, 0.15) is 5.82 Å². The summed E-state index contributed by atoms with van der Waals surface area (Å²) in [5.74, 6) is -0.479. The van der Waals surface area contributed by atoms with Gasteiger partial charge in [0, 0.05) is 2.85 Å². The summed E-state index contributed by atoms with van der Waals surface area (Å²) in [4.78, 5) is 16.2. The lowest BCUT2D eigenvalue weighted by atomic mass is 10.2. The quantitative estimate of drug-likeness (QED) is 0.709. The fourth-order valence-corrected chi connectivity index (χ4v) is 2.89. The van der Waals surface area contributed by atoms with Crippen LogP contribution in [0.15, 0.2) is 42.5 Å². The maximum absolute atomic E-state index is 13.5. The van der Waals surface area contributed by atoms with Crippen LogP contribution in [0.4, 0.5) is 20.0 Å². The van der Waals surface area contributed by atoms with Gasteiger partial charge in [-0.2, -0.15) is 0 Å². The number of aryl methyl sites for hydroxylation is 1. The van der Waals surface area contributed by atoms with Crippen molar-refractivity contribution < 1.29 is 12.0 Å². The highest BCUT2D eigenvalue weighted by Crippen LogP contribution is 2.28. The van der Waals surface area contributed by atoms with Crippen molar-refractivity contribution in [2.75, 3.05) is 10.6 Å². The van der Waals surface area contributed by atoms with Crippen LogP contribution in [0, 0.1) is 12.7 Å². The first-order chi connectivity index (χ1) is 10.1. The minimum atomic E-state index is -0.517. The first-order valence-electron chi connectivity index (χ1n) is 6.32. The molecule has 0 unspecified atom stereocenters.